The Morgan fingerprint density at radius 1 is 1.24 bits per heavy atom. The summed E-state index contributed by atoms with van der Waals surface area (Å²) in [6.45, 7) is -0.430. The van der Waals surface area contributed by atoms with Gasteiger partial charge in [0.25, 0.3) is 17.0 Å². The Hall–Kier alpha value is -3.28. The molecule has 4 rings (SSSR count). The number of benzene rings is 2. The summed E-state index contributed by atoms with van der Waals surface area (Å²) < 4.78 is 19.9. The van der Waals surface area contributed by atoms with Gasteiger partial charge in [-0.1, -0.05) is 24.3 Å². The van der Waals surface area contributed by atoms with Crippen molar-refractivity contribution in [2.75, 3.05) is 11.9 Å². The monoisotopic (exact) mass is 562 g/mol. The largest absolute Gasteiger partial charge is 0.436 e. The van der Waals surface area contributed by atoms with E-state index in [1.807, 2.05) is 0 Å². The summed E-state index contributed by atoms with van der Waals surface area (Å²) in [4.78, 5) is 45.7. The van der Waals surface area contributed by atoms with Crippen molar-refractivity contribution in [1.82, 2.24) is 14.9 Å². The number of ether oxygens (including phenoxy) is 1. The van der Waals surface area contributed by atoms with E-state index in [2.05, 4.69) is 31.2 Å². The maximum Gasteiger partial charge on any atom is 0.294 e. The molecule has 1 saturated heterocycles. The highest BCUT2D eigenvalue weighted by Gasteiger charge is 2.36. The Balaban J connectivity index is 1.46. The molecule has 0 bridgehead atoms. The minimum atomic E-state index is -0.795. The van der Waals surface area contributed by atoms with E-state index in [0.29, 0.717) is 27.5 Å². The predicted octanol–water partition coefficient (Wildman–Crippen LogP) is 5.50. The number of halogens is 3. The van der Waals surface area contributed by atoms with Gasteiger partial charge in [0.05, 0.1) is 16.8 Å². The second-order valence-corrected chi connectivity index (χ2v) is 8.95. The van der Waals surface area contributed by atoms with Crippen molar-refractivity contribution in [3.8, 4) is 11.6 Å². The third-order valence-corrected chi connectivity index (χ3v) is 6.16. The van der Waals surface area contributed by atoms with Gasteiger partial charge < -0.3 is 10.1 Å². The number of carbonyl (C=O) groups is 3. The fourth-order valence-electron chi connectivity index (χ4n) is 2.87. The van der Waals surface area contributed by atoms with E-state index in [1.54, 1.807) is 42.5 Å². The maximum atomic E-state index is 13.8. The highest BCUT2D eigenvalue weighted by Crippen LogP contribution is 2.33. The molecule has 8 nitrogen and oxygen atoms in total. The van der Waals surface area contributed by atoms with Crippen LogP contribution < -0.4 is 10.1 Å². The Labute approximate surface area is 210 Å². The summed E-state index contributed by atoms with van der Waals surface area (Å²) in [5, 5.41) is 1.91. The summed E-state index contributed by atoms with van der Waals surface area (Å²) >= 11 is 9.71. The lowest BCUT2D eigenvalue weighted by atomic mass is 10.2. The molecule has 12 heteroatoms. The molecule has 3 amide bonds. The summed E-state index contributed by atoms with van der Waals surface area (Å²) in [6, 6.07) is 13.4. The van der Waals surface area contributed by atoms with Crippen LogP contribution in [0.4, 0.5) is 14.9 Å². The van der Waals surface area contributed by atoms with E-state index in [-0.39, 0.29) is 21.8 Å². The smallest absolute Gasteiger partial charge is 0.294 e. The molecular formula is C22H13BrClFN4O4S. The van der Waals surface area contributed by atoms with Gasteiger partial charge in [-0.05, 0) is 75.2 Å². The van der Waals surface area contributed by atoms with Crippen LogP contribution in [0.2, 0.25) is 5.28 Å². The first-order valence-corrected chi connectivity index (χ1v) is 11.5. The molecule has 0 atom stereocenters. The van der Waals surface area contributed by atoms with Crippen molar-refractivity contribution in [2.45, 2.75) is 0 Å². The van der Waals surface area contributed by atoms with E-state index in [1.165, 1.54) is 12.1 Å². The van der Waals surface area contributed by atoms with E-state index in [0.717, 1.165) is 11.1 Å². The van der Waals surface area contributed by atoms with Crippen LogP contribution in [0, 0.1) is 5.82 Å². The molecule has 0 aliphatic carbocycles. The number of carbonyl (C=O) groups excluding carboxylic acids is 3. The zero-order valence-electron chi connectivity index (χ0n) is 17.0. The number of hydrogen-bond acceptors (Lipinski definition) is 7. The van der Waals surface area contributed by atoms with Crippen LogP contribution in [0.5, 0.6) is 11.6 Å². The van der Waals surface area contributed by atoms with Crippen molar-refractivity contribution in [2.24, 2.45) is 0 Å². The average Bonchev–Trinajstić information content (AvgIpc) is 3.05. The number of anilines is 1. The van der Waals surface area contributed by atoms with Gasteiger partial charge >= 0.3 is 0 Å². The molecule has 0 spiro atoms. The molecule has 1 aromatic heterocycles. The number of imide groups is 1. The highest BCUT2D eigenvalue weighted by atomic mass is 79.9. The number of amides is 3. The number of aromatic nitrogens is 2. The molecule has 172 valence electrons. The van der Waals surface area contributed by atoms with Crippen molar-refractivity contribution >= 4 is 68.1 Å². The molecule has 0 unspecified atom stereocenters. The van der Waals surface area contributed by atoms with Crippen molar-refractivity contribution in [1.29, 1.82) is 0 Å². The Morgan fingerprint density at radius 3 is 2.82 bits per heavy atom. The first-order valence-electron chi connectivity index (χ1n) is 9.56. The zero-order chi connectivity index (χ0) is 24.2. The lowest BCUT2D eigenvalue weighted by molar-refractivity contribution is -0.127. The second-order valence-electron chi connectivity index (χ2n) is 6.76. The van der Waals surface area contributed by atoms with Crippen molar-refractivity contribution in [3.63, 3.8) is 0 Å². The molecule has 1 aliphatic rings. The zero-order valence-corrected chi connectivity index (χ0v) is 20.2. The minimum absolute atomic E-state index is 0.132. The van der Waals surface area contributed by atoms with Crippen LogP contribution in [-0.4, -0.2) is 38.5 Å². The highest BCUT2D eigenvalue weighted by molar-refractivity contribution is 9.10. The van der Waals surface area contributed by atoms with Crippen molar-refractivity contribution in [3.05, 3.63) is 80.8 Å². The Bertz CT molecular complexity index is 1340. The summed E-state index contributed by atoms with van der Waals surface area (Å²) in [5.41, 5.74) is 1.04. The first kappa shape index (κ1) is 23.9. The van der Waals surface area contributed by atoms with Crippen LogP contribution in [0.15, 0.2) is 64.1 Å². The molecule has 0 saturated carbocycles. The third-order valence-electron chi connectivity index (χ3n) is 4.38. The number of thioether (sulfide) groups is 1. The minimum Gasteiger partial charge on any atom is -0.436 e. The lowest BCUT2D eigenvalue weighted by Gasteiger charge is -2.13. The molecule has 2 heterocycles. The van der Waals surface area contributed by atoms with Crippen LogP contribution in [0.25, 0.3) is 6.08 Å². The molecule has 34 heavy (non-hydrogen) atoms. The summed E-state index contributed by atoms with van der Waals surface area (Å²) in [5.74, 6) is -2.03. The van der Waals surface area contributed by atoms with Gasteiger partial charge in [-0.25, -0.2) is 4.98 Å². The number of para-hydroxylation sites is 1. The van der Waals surface area contributed by atoms with Gasteiger partial charge in [-0.3, -0.25) is 19.3 Å². The van der Waals surface area contributed by atoms with Gasteiger partial charge in [0.1, 0.15) is 12.3 Å². The normalized spacial score (nSPS) is 14.6. The van der Waals surface area contributed by atoms with Gasteiger partial charge in [-0.2, -0.15) is 9.37 Å². The van der Waals surface area contributed by atoms with Gasteiger partial charge in [-0.15, -0.1) is 0 Å². The molecule has 0 radical (unpaired) electrons. The number of hydrogen-bond donors (Lipinski definition) is 1. The second kappa shape index (κ2) is 10.3. The maximum absolute atomic E-state index is 13.8. The average molecular weight is 564 g/mol. The predicted molar refractivity (Wildman–Crippen MR) is 129 cm³/mol. The van der Waals surface area contributed by atoms with Crippen LogP contribution in [-0.2, 0) is 9.59 Å². The lowest BCUT2D eigenvalue weighted by Crippen LogP contribution is -2.36. The molecule has 2 aromatic carbocycles. The fourth-order valence-corrected chi connectivity index (χ4v) is 4.21. The van der Waals surface area contributed by atoms with E-state index in [9.17, 15) is 18.8 Å². The Morgan fingerprint density at radius 2 is 2.03 bits per heavy atom. The summed E-state index contributed by atoms with van der Waals surface area (Å²) in [7, 11) is 0. The van der Waals surface area contributed by atoms with Crippen molar-refractivity contribution < 1.29 is 23.5 Å². The van der Waals surface area contributed by atoms with E-state index in [4.69, 9.17) is 16.3 Å². The topological polar surface area (TPSA) is 101 Å². The number of nitrogens with one attached hydrogen (secondary N) is 1. The van der Waals surface area contributed by atoms with Gasteiger partial charge in [0.15, 0.2) is 0 Å². The summed E-state index contributed by atoms with van der Waals surface area (Å²) in [6.07, 6.45) is 2.37. The molecule has 1 fully saturated rings. The molecular weight excluding hydrogens is 551 g/mol. The van der Waals surface area contributed by atoms with Gasteiger partial charge in [0.2, 0.25) is 17.0 Å². The molecule has 1 aliphatic heterocycles. The van der Waals surface area contributed by atoms with Crippen LogP contribution in [0.3, 0.4) is 0 Å². The van der Waals surface area contributed by atoms with E-state index < -0.39 is 29.4 Å². The molecule has 1 N–H and O–H groups in total. The first-order chi connectivity index (χ1) is 16.3. The fraction of sp³-hybridized carbons (Fsp3) is 0.0455. The van der Waals surface area contributed by atoms with Gasteiger partial charge in [0, 0.05) is 4.47 Å². The quantitative estimate of drug-likeness (QED) is 0.312. The van der Waals surface area contributed by atoms with Crippen LogP contribution >= 0.6 is 39.3 Å². The number of nitrogens with zero attached hydrogens (tertiary/aromatic N) is 3. The standard InChI is InChI=1S/C22H13BrClFN4O4S/c23-14-6-1-2-7-16(14)27-18(30)11-29-20(31)17(34-22(29)32)9-12-4-3-5-13(8-12)33-19-15(25)10-26-21(24)28-19/h1-10H,11H2,(H,27,30)/b17-9+. The number of rotatable bonds is 6. The third kappa shape index (κ3) is 5.61. The molecule has 3 aromatic rings. The van der Waals surface area contributed by atoms with E-state index >= 15 is 0 Å². The van der Waals surface area contributed by atoms with Crippen LogP contribution in [0.1, 0.15) is 5.56 Å². The Kier molecular flexibility index (Phi) is 7.25. The SMILES string of the molecule is O=C(CN1C(=O)S/C(=C/c2cccc(Oc3nc(Cl)ncc3F)c2)C1=O)Nc1ccccc1Br.